The SMILES string of the molecule is CCn1nc(C)c(CO)c1Cl. The molecule has 1 aromatic heterocycles. The first-order chi connectivity index (χ1) is 5.20. The van der Waals surface area contributed by atoms with Gasteiger partial charge in [0.1, 0.15) is 5.15 Å². The lowest BCUT2D eigenvalue weighted by Crippen LogP contribution is -1.96. The van der Waals surface area contributed by atoms with Gasteiger partial charge in [-0.1, -0.05) is 11.6 Å². The van der Waals surface area contributed by atoms with Gasteiger partial charge in [-0.05, 0) is 13.8 Å². The summed E-state index contributed by atoms with van der Waals surface area (Å²) in [5, 5.41) is 13.5. The number of aromatic nitrogens is 2. The van der Waals surface area contributed by atoms with Crippen molar-refractivity contribution >= 4 is 11.6 Å². The highest BCUT2D eigenvalue weighted by molar-refractivity contribution is 6.30. The molecule has 0 amide bonds. The lowest BCUT2D eigenvalue weighted by molar-refractivity contribution is 0.281. The van der Waals surface area contributed by atoms with Crippen molar-refractivity contribution in [2.45, 2.75) is 27.0 Å². The van der Waals surface area contributed by atoms with Crippen LogP contribution in [-0.2, 0) is 13.2 Å². The molecule has 0 unspecified atom stereocenters. The van der Waals surface area contributed by atoms with Gasteiger partial charge in [0, 0.05) is 12.1 Å². The van der Waals surface area contributed by atoms with Crippen molar-refractivity contribution in [2.75, 3.05) is 0 Å². The third-order valence-electron chi connectivity index (χ3n) is 1.64. The van der Waals surface area contributed by atoms with E-state index < -0.39 is 0 Å². The van der Waals surface area contributed by atoms with Gasteiger partial charge in [-0.2, -0.15) is 5.10 Å². The molecule has 0 aliphatic heterocycles. The number of aliphatic hydroxyl groups is 1. The molecule has 62 valence electrons. The van der Waals surface area contributed by atoms with E-state index in [2.05, 4.69) is 5.10 Å². The Morgan fingerprint density at radius 2 is 2.27 bits per heavy atom. The van der Waals surface area contributed by atoms with Crippen molar-refractivity contribution in [1.29, 1.82) is 0 Å². The summed E-state index contributed by atoms with van der Waals surface area (Å²) >= 11 is 5.87. The van der Waals surface area contributed by atoms with Crippen LogP contribution in [0.4, 0.5) is 0 Å². The van der Waals surface area contributed by atoms with Crippen molar-refractivity contribution < 1.29 is 5.11 Å². The fourth-order valence-corrected chi connectivity index (χ4v) is 1.33. The summed E-state index contributed by atoms with van der Waals surface area (Å²) in [6.07, 6.45) is 0. The smallest absolute Gasteiger partial charge is 0.132 e. The number of aliphatic hydroxyl groups excluding tert-OH is 1. The lowest BCUT2D eigenvalue weighted by Gasteiger charge is -1.95. The molecule has 11 heavy (non-hydrogen) atoms. The monoisotopic (exact) mass is 174 g/mol. The summed E-state index contributed by atoms with van der Waals surface area (Å²) in [5.74, 6) is 0. The van der Waals surface area contributed by atoms with Gasteiger partial charge in [0.25, 0.3) is 0 Å². The molecule has 0 fully saturated rings. The highest BCUT2D eigenvalue weighted by Gasteiger charge is 2.09. The average molecular weight is 175 g/mol. The van der Waals surface area contributed by atoms with Crippen LogP contribution in [-0.4, -0.2) is 14.9 Å². The molecule has 0 bridgehead atoms. The largest absolute Gasteiger partial charge is 0.391 e. The first-order valence-corrected chi connectivity index (χ1v) is 3.91. The van der Waals surface area contributed by atoms with Crippen molar-refractivity contribution in [3.05, 3.63) is 16.4 Å². The van der Waals surface area contributed by atoms with E-state index in [1.165, 1.54) is 0 Å². The number of hydrogen-bond acceptors (Lipinski definition) is 2. The maximum atomic E-state index is 8.87. The molecule has 0 aromatic carbocycles. The fourth-order valence-electron chi connectivity index (χ4n) is 0.980. The molecule has 1 heterocycles. The minimum atomic E-state index is -0.0370. The van der Waals surface area contributed by atoms with Crippen LogP contribution >= 0.6 is 11.6 Å². The van der Waals surface area contributed by atoms with Crippen LogP contribution in [0.3, 0.4) is 0 Å². The summed E-state index contributed by atoms with van der Waals surface area (Å²) in [5.41, 5.74) is 1.54. The van der Waals surface area contributed by atoms with Crippen LogP contribution in [0.15, 0.2) is 0 Å². The van der Waals surface area contributed by atoms with Crippen LogP contribution in [0.1, 0.15) is 18.2 Å². The Morgan fingerprint density at radius 1 is 1.64 bits per heavy atom. The molecular weight excluding hydrogens is 164 g/mol. The van der Waals surface area contributed by atoms with E-state index in [1.807, 2.05) is 13.8 Å². The highest BCUT2D eigenvalue weighted by atomic mass is 35.5. The molecular formula is C7H11ClN2O. The molecule has 0 spiro atoms. The molecule has 0 aliphatic carbocycles. The number of rotatable bonds is 2. The Balaban J connectivity index is 3.14. The summed E-state index contributed by atoms with van der Waals surface area (Å²) in [7, 11) is 0. The van der Waals surface area contributed by atoms with E-state index in [0.29, 0.717) is 5.15 Å². The van der Waals surface area contributed by atoms with E-state index in [0.717, 1.165) is 17.8 Å². The first kappa shape index (κ1) is 8.56. The number of nitrogens with zero attached hydrogens (tertiary/aromatic N) is 2. The van der Waals surface area contributed by atoms with Crippen LogP contribution in [0.2, 0.25) is 5.15 Å². The third-order valence-corrected chi connectivity index (χ3v) is 2.06. The van der Waals surface area contributed by atoms with Gasteiger partial charge in [-0.15, -0.1) is 0 Å². The van der Waals surface area contributed by atoms with E-state index >= 15 is 0 Å². The van der Waals surface area contributed by atoms with Gasteiger partial charge in [0.05, 0.1) is 12.3 Å². The zero-order valence-electron chi connectivity index (χ0n) is 6.63. The molecule has 3 nitrogen and oxygen atoms in total. The Bertz CT molecular complexity index is 257. The van der Waals surface area contributed by atoms with Crippen molar-refractivity contribution in [3.63, 3.8) is 0 Å². The van der Waals surface area contributed by atoms with Crippen LogP contribution in [0.25, 0.3) is 0 Å². The van der Waals surface area contributed by atoms with Gasteiger partial charge in [0.15, 0.2) is 0 Å². The van der Waals surface area contributed by atoms with Crippen molar-refractivity contribution in [3.8, 4) is 0 Å². The first-order valence-electron chi connectivity index (χ1n) is 3.53. The Kier molecular flexibility index (Phi) is 2.52. The zero-order valence-corrected chi connectivity index (χ0v) is 7.39. The van der Waals surface area contributed by atoms with E-state index in [4.69, 9.17) is 16.7 Å². The number of halogens is 1. The minimum absolute atomic E-state index is 0.0370. The number of aryl methyl sites for hydroxylation is 2. The zero-order chi connectivity index (χ0) is 8.43. The molecule has 0 aliphatic rings. The molecule has 4 heteroatoms. The highest BCUT2D eigenvalue weighted by Crippen LogP contribution is 2.18. The maximum absolute atomic E-state index is 8.87. The number of hydrogen-bond donors (Lipinski definition) is 1. The molecule has 0 atom stereocenters. The lowest BCUT2D eigenvalue weighted by atomic mass is 10.3. The Hall–Kier alpha value is -0.540. The second-order valence-electron chi connectivity index (χ2n) is 2.33. The van der Waals surface area contributed by atoms with Crippen molar-refractivity contribution in [2.24, 2.45) is 0 Å². The quantitative estimate of drug-likeness (QED) is 0.735. The Morgan fingerprint density at radius 3 is 2.55 bits per heavy atom. The molecule has 1 aromatic rings. The Labute approximate surface area is 70.6 Å². The predicted molar refractivity (Wildman–Crippen MR) is 43.6 cm³/mol. The molecule has 1 rings (SSSR count). The summed E-state index contributed by atoms with van der Waals surface area (Å²) in [6.45, 7) is 4.49. The van der Waals surface area contributed by atoms with E-state index in [-0.39, 0.29) is 6.61 Å². The predicted octanol–water partition coefficient (Wildman–Crippen LogP) is 1.36. The van der Waals surface area contributed by atoms with Crippen LogP contribution in [0.5, 0.6) is 0 Å². The summed E-state index contributed by atoms with van der Waals surface area (Å²) in [4.78, 5) is 0. The van der Waals surface area contributed by atoms with E-state index in [1.54, 1.807) is 4.68 Å². The van der Waals surface area contributed by atoms with E-state index in [9.17, 15) is 0 Å². The summed E-state index contributed by atoms with van der Waals surface area (Å²) in [6, 6.07) is 0. The van der Waals surface area contributed by atoms with Crippen LogP contribution < -0.4 is 0 Å². The average Bonchev–Trinajstić information content (AvgIpc) is 2.26. The van der Waals surface area contributed by atoms with Crippen LogP contribution in [0, 0.1) is 6.92 Å². The normalized spacial score (nSPS) is 10.5. The van der Waals surface area contributed by atoms with Gasteiger partial charge < -0.3 is 5.11 Å². The van der Waals surface area contributed by atoms with Gasteiger partial charge in [0.2, 0.25) is 0 Å². The van der Waals surface area contributed by atoms with Gasteiger partial charge in [-0.25, -0.2) is 0 Å². The minimum Gasteiger partial charge on any atom is -0.391 e. The fraction of sp³-hybridized carbons (Fsp3) is 0.571. The second kappa shape index (κ2) is 3.24. The molecule has 0 saturated carbocycles. The third kappa shape index (κ3) is 1.39. The molecule has 0 saturated heterocycles. The second-order valence-corrected chi connectivity index (χ2v) is 2.69. The molecule has 1 N–H and O–H groups in total. The molecule has 0 radical (unpaired) electrons. The maximum Gasteiger partial charge on any atom is 0.132 e. The topological polar surface area (TPSA) is 38.0 Å². The summed E-state index contributed by atoms with van der Waals surface area (Å²) < 4.78 is 1.67. The standard InChI is InChI=1S/C7H11ClN2O/c1-3-10-7(8)6(4-11)5(2)9-10/h11H,3-4H2,1-2H3. The van der Waals surface area contributed by atoms with Crippen molar-refractivity contribution in [1.82, 2.24) is 9.78 Å². The van der Waals surface area contributed by atoms with Gasteiger partial charge in [-0.3, -0.25) is 4.68 Å². The van der Waals surface area contributed by atoms with Gasteiger partial charge >= 0.3 is 0 Å².